The maximum Gasteiger partial charge on any atom is 0.333 e. The molecule has 5 fully saturated rings. The molecule has 57 heavy (non-hydrogen) atoms. The molecule has 0 aromatic heterocycles. The summed E-state index contributed by atoms with van der Waals surface area (Å²) >= 11 is 0. The van der Waals surface area contributed by atoms with Crippen LogP contribution in [-0.2, 0) is 28.5 Å². The van der Waals surface area contributed by atoms with Gasteiger partial charge in [-0.05, 0) is 124 Å². The molecule has 1 saturated heterocycles. The number of allylic oxidation sites excluding steroid dienone is 4. The van der Waals surface area contributed by atoms with Crippen molar-refractivity contribution < 1.29 is 54.1 Å². The summed E-state index contributed by atoms with van der Waals surface area (Å²) in [5.74, 6) is -0.967. The van der Waals surface area contributed by atoms with E-state index in [1.807, 2.05) is 0 Å². The average molecular weight is 801 g/mol. The van der Waals surface area contributed by atoms with Crippen molar-refractivity contribution in [2.45, 2.75) is 177 Å². The van der Waals surface area contributed by atoms with Crippen LogP contribution in [0.2, 0.25) is 0 Å². The number of carbonyl (C=O) groups is 2. The molecule has 6 aliphatic rings. The van der Waals surface area contributed by atoms with Gasteiger partial charge in [0.05, 0.1) is 36.9 Å². The Morgan fingerprint density at radius 2 is 1.44 bits per heavy atom. The van der Waals surface area contributed by atoms with E-state index in [2.05, 4.69) is 54.5 Å². The number of ether oxygens (including phenoxy) is 4. The van der Waals surface area contributed by atoms with Gasteiger partial charge in [0.25, 0.3) is 0 Å². The number of hydrogen-bond acceptors (Lipinski definition) is 11. The summed E-state index contributed by atoms with van der Waals surface area (Å²) < 4.78 is 24.6. The third kappa shape index (κ3) is 6.81. The van der Waals surface area contributed by atoms with Crippen LogP contribution in [0.4, 0.5) is 0 Å². The summed E-state index contributed by atoms with van der Waals surface area (Å²) in [6.07, 6.45) is 2.47. The number of hydrogen-bond donors (Lipinski definition) is 5. The maximum atomic E-state index is 13.2. The van der Waals surface area contributed by atoms with Crippen LogP contribution < -0.4 is 0 Å². The fourth-order valence-corrected chi connectivity index (χ4v) is 13.3. The second-order valence-electron chi connectivity index (χ2n) is 20.8. The van der Waals surface area contributed by atoms with Crippen LogP contribution in [0.3, 0.4) is 0 Å². The maximum absolute atomic E-state index is 13.2. The minimum absolute atomic E-state index is 0.0234. The molecule has 11 nitrogen and oxygen atoms in total. The molecular formula is C46H72O11. The van der Waals surface area contributed by atoms with Crippen LogP contribution in [0.5, 0.6) is 0 Å². The summed E-state index contributed by atoms with van der Waals surface area (Å²) in [5, 5.41) is 58.0. The van der Waals surface area contributed by atoms with Gasteiger partial charge in [-0.1, -0.05) is 72.3 Å². The first-order chi connectivity index (χ1) is 26.5. The zero-order valence-electron chi connectivity index (χ0n) is 36.3. The number of carbonyl (C=O) groups excluding carboxylic acids is 2. The van der Waals surface area contributed by atoms with Crippen molar-refractivity contribution in [2.24, 2.45) is 50.2 Å². The zero-order chi connectivity index (χ0) is 42.3. The van der Waals surface area contributed by atoms with Crippen molar-refractivity contribution in [3.63, 3.8) is 0 Å². The largest absolute Gasteiger partial charge is 0.452 e. The molecule has 0 bridgehead atoms. The van der Waals surface area contributed by atoms with Gasteiger partial charge in [-0.3, -0.25) is 0 Å². The van der Waals surface area contributed by atoms with Crippen molar-refractivity contribution in [3.8, 4) is 0 Å². The third-order valence-electron chi connectivity index (χ3n) is 17.2. The quantitative estimate of drug-likeness (QED) is 0.112. The van der Waals surface area contributed by atoms with Gasteiger partial charge in [0.1, 0.15) is 12.2 Å². The zero-order valence-corrected chi connectivity index (χ0v) is 36.3. The predicted molar refractivity (Wildman–Crippen MR) is 214 cm³/mol. The predicted octanol–water partition coefficient (Wildman–Crippen LogP) is 5.94. The van der Waals surface area contributed by atoms with Crippen molar-refractivity contribution in [1.82, 2.24) is 0 Å². The lowest BCUT2D eigenvalue weighted by atomic mass is 9.33. The smallest absolute Gasteiger partial charge is 0.333 e. The number of aliphatic hydroxyl groups excluding tert-OH is 5. The lowest BCUT2D eigenvalue weighted by molar-refractivity contribution is -0.339. The Kier molecular flexibility index (Phi) is 12.0. The highest BCUT2D eigenvalue weighted by Gasteiger charge is 2.71. The van der Waals surface area contributed by atoms with E-state index in [-0.39, 0.29) is 56.8 Å². The molecule has 0 amide bonds. The van der Waals surface area contributed by atoms with Crippen molar-refractivity contribution in [3.05, 3.63) is 34.9 Å². The van der Waals surface area contributed by atoms with Crippen LogP contribution in [0.1, 0.15) is 128 Å². The highest BCUT2D eigenvalue weighted by molar-refractivity contribution is 5.88. The highest BCUT2D eigenvalue weighted by Crippen LogP contribution is 2.76. The minimum Gasteiger partial charge on any atom is -0.452 e. The summed E-state index contributed by atoms with van der Waals surface area (Å²) in [6.45, 7) is 21.5. The Balaban J connectivity index is 1.37. The fourth-order valence-electron chi connectivity index (χ4n) is 13.3. The summed E-state index contributed by atoms with van der Waals surface area (Å²) in [5.41, 5.74) is -0.328. The van der Waals surface area contributed by atoms with Gasteiger partial charge >= 0.3 is 11.9 Å². The first-order valence-electron chi connectivity index (χ1n) is 21.5. The standard InChI is InChI=1S/C46H72O11/c1-12-25(3)38(52)56-36-29(23-47)54-40(35(51)37(36)57-39(53)26(4)13-2)55-34-22-41(5,6)20-28-27-14-15-31-43(9)18-17-32(49)42(7,8)30(43)16-19-44(31,10)45(27,11)21-33(50)46(28,34)24-48/h12-14,28-37,40,47-51H,15-24H2,1-11H3/b25-12+,26-13+/t28-,29+,30-,31+,32-,33+,34-,35+,36+,37+,40-,43-,44+,45+,46-/m0/s1. The molecule has 4 saturated carbocycles. The molecule has 1 heterocycles. The monoisotopic (exact) mass is 801 g/mol. The van der Waals surface area contributed by atoms with E-state index < -0.39 is 66.9 Å². The molecule has 11 heteroatoms. The Hall–Kier alpha value is -2.12. The fraction of sp³-hybridized carbons (Fsp3) is 0.826. The molecule has 0 aromatic rings. The van der Waals surface area contributed by atoms with E-state index in [4.69, 9.17) is 18.9 Å². The Morgan fingerprint density at radius 1 is 0.825 bits per heavy atom. The second-order valence-corrected chi connectivity index (χ2v) is 20.8. The Bertz CT molecular complexity index is 1650. The highest BCUT2D eigenvalue weighted by atomic mass is 16.7. The summed E-state index contributed by atoms with van der Waals surface area (Å²) in [6, 6.07) is 0. The normalized spacial score (nSPS) is 46.7. The lowest BCUT2D eigenvalue weighted by Crippen LogP contribution is -2.70. The van der Waals surface area contributed by atoms with E-state index in [1.54, 1.807) is 39.8 Å². The first kappa shape index (κ1) is 44.4. The van der Waals surface area contributed by atoms with Crippen molar-refractivity contribution >= 4 is 11.9 Å². The topological polar surface area (TPSA) is 172 Å². The first-order valence-corrected chi connectivity index (χ1v) is 21.5. The molecule has 1 aliphatic heterocycles. The number of aliphatic hydroxyl groups is 5. The molecule has 0 radical (unpaired) electrons. The van der Waals surface area contributed by atoms with Crippen LogP contribution in [0, 0.1) is 50.2 Å². The Morgan fingerprint density at radius 3 is 2.02 bits per heavy atom. The molecule has 322 valence electrons. The Labute approximate surface area is 340 Å². The molecule has 0 unspecified atom stereocenters. The molecule has 6 rings (SSSR count). The van der Waals surface area contributed by atoms with E-state index >= 15 is 0 Å². The van der Waals surface area contributed by atoms with E-state index in [0.29, 0.717) is 31.1 Å². The average Bonchev–Trinajstić information content (AvgIpc) is 3.14. The number of fused-ring (bicyclic) bond motifs is 7. The van der Waals surface area contributed by atoms with Gasteiger partial charge in [-0.15, -0.1) is 0 Å². The molecule has 0 spiro atoms. The molecule has 15 atom stereocenters. The van der Waals surface area contributed by atoms with Crippen LogP contribution in [0.15, 0.2) is 34.9 Å². The van der Waals surface area contributed by atoms with Gasteiger partial charge in [-0.25, -0.2) is 9.59 Å². The van der Waals surface area contributed by atoms with Gasteiger partial charge in [0, 0.05) is 11.1 Å². The van der Waals surface area contributed by atoms with Crippen LogP contribution >= 0.6 is 0 Å². The lowest BCUT2D eigenvalue weighted by Gasteiger charge is -2.72. The van der Waals surface area contributed by atoms with Crippen molar-refractivity contribution in [2.75, 3.05) is 13.2 Å². The van der Waals surface area contributed by atoms with Crippen LogP contribution in [0.25, 0.3) is 0 Å². The summed E-state index contributed by atoms with van der Waals surface area (Å²) in [7, 11) is 0. The van der Waals surface area contributed by atoms with Gasteiger partial charge in [0.15, 0.2) is 18.5 Å². The van der Waals surface area contributed by atoms with Gasteiger partial charge < -0.3 is 44.5 Å². The van der Waals surface area contributed by atoms with Gasteiger partial charge in [-0.2, -0.15) is 0 Å². The molecular weight excluding hydrogens is 728 g/mol. The molecule has 5 aliphatic carbocycles. The number of esters is 2. The third-order valence-corrected chi connectivity index (χ3v) is 17.2. The van der Waals surface area contributed by atoms with E-state index in [9.17, 15) is 35.1 Å². The number of rotatable bonds is 8. The minimum atomic E-state index is -1.65. The van der Waals surface area contributed by atoms with Crippen LogP contribution in [-0.4, -0.2) is 99.7 Å². The second kappa shape index (κ2) is 15.4. The molecule has 5 N–H and O–H groups in total. The van der Waals surface area contributed by atoms with Gasteiger partial charge in [0.2, 0.25) is 0 Å². The summed E-state index contributed by atoms with van der Waals surface area (Å²) in [4.78, 5) is 26.2. The van der Waals surface area contributed by atoms with Crippen molar-refractivity contribution in [1.29, 1.82) is 0 Å². The van der Waals surface area contributed by atoms with E-state index in [0.717, 1.165) is 32.1 Å². The SMILES string of the molecule is C/C=C(\C)C(=O)O[C@@H]1[C@@H](O)[C@H](O[C@H]2CC(C)(C)C[C@H]3C4=CC[C@@H]5[C@@]6(C)CC[C@H](O)C(C)(C)[C@@H]6CC[C@@]5(C)[C@]4(C)C[C@@H](O)[C@@]23CO)O[C@H](CO)[C@H]1OC(=O)/C(C)=C/C. The van der Waals surface area contributed by atoms with E-state index in [1.165, 1.54) is 5.57 Å². The molecule has 0 aromatic carbocycles.